The van der Waals surface area contributed by atoms with Gasteiger partial charge in [-0.25, -0.2) is 4.98 Å². The summed E-state index contributed by atoms with van der Waals surface area (Å²) in [5.74, 6) is 6.42. The van der Waals surface area contributed by atoms with E-state index in [1.807, 2.05) is 6.08 Å². The molecule has 0 unspecified atom stereocenters. The van der Waals surface area contributed by atoms with Gasteiger partial charge in [0.2, 0.25) is 6.20 Å². The van der Waals surface area contributed by atoms with E-state index in [0.717, 1.165) is 42.4 Å². The Morgan fingerprint density at radius 3 is 2.84 bits per heavy atom. The molecule has 0 atom stereocenters. The molecule has 1 rings (SSSR count). The lowest BCUT2D eigenvalue weighted by molar-refractivity contribution is -0.606. The topological polar surface area (TPSA) is 39.8 Å². The molecular formula is C16H22N2O. The summed E-state index contributed by atoms with van der Waals surface area (Å²) in [4.78, 5) is 4.17. The van der Waals surface area contributed by atoms with Crippen LogP contribution in [0.25, 0.3) is 6.08 Å². The Morgan fingerprint density at radius 2 is 2.16 bits per heavy atom. The first-order valence-electron chi connectivity index (χ1n) is 7.00. The zero-order valence-corrected chi connectivity index (χ0v) is 11.9. The summed E-state index contributed by atoms with van der Waals surface area (Å²) >= 11 is 0. The van der Waals surface area contributed by atoms with Crippen LogP contribution in [0.2, 0.25) is 0 Å². The number of unbranched alkanes of at least 4 members (excludes halogenated alkanes) is 3. The van der Waals surface area contributed by atoms with Gasteiger partial charge in [0.1, 0.15) is 5.69 Å². The third kappa shape index (κ3) is 6.61. The van der Waals surface area contributed by atoms with Gasteiger partial charge in [-0.15, -0.1) is 0 Å². The number of hydrogen-bond donors (Lipinski definition) is 0. The minimum Gasteiger partial charge on any atom is -0.619 e. The average molecular weight is 258 g/mol. The zero-order chi connectivity index (χ0) is 13.9. The van der Waals surface area contributed by atoms with Gasteiger partial charge in [-0.1, -0.05) is 38.5 Å². The maximum atomic E-state index is 11.2. The van der Waals surface area contributed by atoms with Crippen molar-refractivity contribution >= 4 is 6.08 Å². The lowest BCUT2D eigenvalue weighted by atomic mass is 10.1. The molecule has 1 aromatic heterocycles. The van der Waals surface area contributed by atoms with Crippen molar-refractivity contribution in [3.63, 3.8) is 0 Å². The second-order valence-electron chi connectivity index (χ2n) is 4.52. The van der Waals surface area contributed by atoms with E-state index in [0.29, 0.717) is 5.69 Å². The van der Waals surface area contributed by atoms with E-state index in [4.69, 9.17) is 0 Å². The Morgan fingerprint density at radius 1 is 1.37 bits per heavy atom. The lowest BCUT2D eigenvalue weighted by Gasteiger charge is -1.99. The molecule has 3 nitrogen and oxygen atoms in total. The number of rotatable bonds is 6. The molecule has 3 heteroatoms. The summed E-state index contributed by atoms with van der Waals surface area (Å²) < 4.78 is 0.765. The molecule has 0 fully saturated rings. The number of hydrogen-bond acceptors (Lipinski definition) is 2. The minimum atomic E-state index is 0.674. The van der Waals surface area contributed by atoms with E-state index in [1.165, 1.54) is 25.0 Å². The molecule has 0 aliphatic rings. The monoisotopic (exact) mass is 258 g/mol. The van der Waals surface area contributed by atoms with Gasteiger partial charge in [0.05, 0.1) is 6.20 Å². The molecule has 0 N–H and O–H groups in total. The molecule has 0 saturated heterocycles. The molecule has 1 aromatic rings. The lowest BCUT2D eigenvalue weighted by Crippen LogP contribution is -2.24. The first-order valence-corrected chi connectivity index (χ1v) is 7.00. The van der Waals surface area contributed by atoms with Crippen LogP contribution in [0.5, 0.6) is 0 Å². The molecule has 1 heterocycles. The molecule has 19 heavy (non-hydrogen) atoms. The van der Waals surface area contributed by atoms with E-state index in [-0.39, 0.29) is 0 Å². The summed E-state index contributed by atoms with van der Waals surface area (Å²) in [7, 11) is 0. The van der Waals surface area contributed by atoms with Crippen LogP contribution in [-0.2, 0) is 0 Å². The van der Waals surface area contributed by atoms with Crippen LogP contribution in [-0.4, -0.2) is 4.98 Å². The smallest absolute Gasteiger partial charge is 0.206 e. The third-order valence-electron chi connectivity index (χ3n) is 2.72. The van der Waals surface area contributed by atoms with Crippen LogP contribution < -0.4 is 4.73 Å². The Labute approximate surface area is 116 Å². The van der Waals surface area contributed by atoms with E-state index >= 15 is 0 Å². The van der Waals surface area contributed by atoms with Crippen LogP contribution >= 0.6 is 0 Å². The van der Waals surface area contributed by atoms with Crippen LogP contribution in [0.1, 0.15) is 58.1 Å². The van der Waals surface area contributed by atoms with E-state index in [9.17, 15) is 5.21 Å². The van der Waals surface area contributed by atoms with Crippen molar-refractivity contribution in [2.75, 3.05) is 0 Å². The fourth-order valence-electron chi connectivity index (χ4n) is 1.62. The van der Waals surface area contributed by atoms with Crippen molar-refractivity contribution in [3.05, 3.63) is 35.1 Å². The summed E-state index contributed by atoms with van der Waals surface area (Å²) in [5, 5.41) is 11.2. The first-order chi connectivity index (χ1) is 9.26. The van der Waals surface area contributed by atoms with Crippen molar-refractivity contribution in [3.8, 4) is 11.8 Å². The third-order valence-corrected chi connectivity index (χ3v) is 2.72. The molecule has 0 bridgehead atoms. The van der Waals surface area contributed by atoms with Gasteiger partial charge < -0.3 is 5.21 Å². The molecule has 0 aliphatic carbocycles. The van der Waals surface area contributed by atoms with Crippen molar-refractivity contribution in [1.29, 1.82) is 0 Å². The number of allylic oxidation sites excluding steroid dienone is 1. The van der Waals surface area contributed by atoms with Gasteiger partial charge in [-0.05, 0) is 25.3 Å². The van der Waals surface area contributed by atoms with E-state index in [2.05, 4.69) is 30.7 Å². The second kappa shape index (κ2) is 9.16. The molecule has 102 valence electrons. The average Bonchev–Trinajstić information content (AvgIpc) is 2.40. The maximum absolute atomic E-state index is 11.2. The fourth-order valence-corrected chi connectivity index (χ4v) is 1.62. The van der Waals surface area contributed by atoms with Crippen LogP contribution in [0.4, 0.5) is 0 Å². The van der Waals surface area contributed by atoms with Gasteiger partial charge >= 0.3 is 0 Å². The van der Waals surface area contributed by atoms with Crippen molar-refractivity contribution in [1.82, 2.24) is 4.98 Å². The second-order valence-corrected chi connectivity index (χ2v) is 4.52. The predicted octanol–water partition coefficient (Wildman–Crippen LogP) is 3.48. The Hall–Kier alpha value is -1.82. The highest BCUT2D eigenvalue weighted by Crippen LogP contribution is 2.10. The SMILES string of the molecule is CCCCC#C/C(=C/c1c[n+]([O-])ccn1)CCCC. The molecule has 0 spiro atoms. The summed E-state index contributed by atoms with van der Waals surface area (Å²) in [6.07, 6.45) is 12.7. The number of nitrogens with zero attached hydrogens (tertiary/aromatic N) is 2. The molecular weight excluding hydrogens is 236 g/mol. The normalized spacial score (nSPS) is 10.9. The van der Waals surface area contributed by atoms with Crippen molar-refractivity contribution in [2.24, 2.45) is 0 Å². The van der Waals surface area contributed by atoms with E-state index in [1.54, 1.807) is 0 Å². The summed E-state index contributed by atoms with van der Waals surface area (Å²) in [6, 6.07) is 0. The minimum absolute atomic E-state index is 0.674. The van der Waals surface area contributed by atoms with Crippen molar-refractivity contribution < 1.29 is 4.73 Å². The number of aromatic nitrogens is 2. The molecule has 0 saturated carbocycles. The van der Waals surface area contributed by atoms with Gasteiger partial charge in [0, 0.05) is 12.0 Å². The summed E-state index contributed by atoms with van der Waals surface area (Å²) in [5.41, 5.74) is 1.74. The summed E-state index contributed by atoms with van der Waals surface area (Å²) in [6.45, 7) is 4.32. The Bertz CT molecular complexity index is 469. The first kappa shape index (κ1) is 15.2. The van der Waals surface area contributed by atoms with Crippen LogP contribution in [0, 0.1) is 17.0 Å². The Balaban J connectivity index is 2.79. The highest BCUT2D eigenvalue weighted by molar-refractivity contribution is 5.54. The van der Waals surface area contributed by atoms with Gasteiger partial charge in [-0.2, -0.15) is 4.73 Å². The zero-order valence-electron chi connectivity index (χ0n) is 11.9. The van der Waals surface area contributed by atoms with Gasteiger partial charge in [-0.3, -0.25) is 0 Å². The standard InChI is InChI=1S/C16H22N2O/c1-3-5-7-8-10-15(9-6-4-2)13-16-14-18(19)12-11-17-16/h11-14H,3-7,9H2,1-2H3/b15-13+. The van der Waals surface area contributed by atoms with Crippen LogP contribution in [0.15, 0.2) is 24.2 Å². The van der Waals surface area contributed by atoms with Crippen molar-refractivity contribution in [2.45, 2.75) is 52.4 Å². The van der Waals surface area contributed by atoms with Crippen LogP contribution in [0.3, 0.4) is 0 Å². The maximum Gasteiger partial charge on any atom is 0.206 e. The quantitative estimate of drug-likeness (QED) is 0.339. The largest absolute Gasteiger partial charge is 0.619 e. The highest BCUT2D eigenvalue weighted by Gasteiger charge is 1.98. The molecule has 0 aliphatic heterocycles. The Kier molecular flexibility index (Phi) is 7.34. The molecule has 0 aromatic carbocycles. The van der Waals surface area contributed by atoms with Gasteiger partial charge in [0.25, 0.3) is 0 Å². The highest BCUT2D eigenvalue weighted by atomic mass is 16.5. The fraction of sp³-hybridized carbons (Fsp3) is 0.500. The molecule has 0 amide bonds. The van der Waals surface area contributed by atoms with Gasteiger partial charge in [0.15, 0.2) is 6.20 Å². The molecule has 0 radical (unpaired) electrons. The van der Waals surface area contributed by atoms with E-state index < -0.39 is 0 Å². The predicted molar refractivity (Wildman–Crippen MR) is 78.0 cm³/mol.